The maximum absolute atomic E-state index is 13.9. The molecule has 1 aliphatic rings. The van der Waals surface area contributed by atoms with Gasteiger partial charge in [-0.3, -0.25) is 4.79 Å². The van der Waals surface area contributed by atoms with Crippen molar-refractivity contribution in [2.24, 2.45) is 11.3 Å². The molecule has 1 N–H and O–H groups in total. The second kappa shape index (κ2) is 10.9. The third kappa shape index (κ3) is 5.56. The smallest absolute Gasteiger partial charge is 0.341 e. The number of halogens is 2. The lowest BCUT2D eigenvalue weighted by molar-refractivity contribution is 0.0526. The van der Waals surface area contributed by atoms with Gasteiger partial charge in [-0.25, -0.2) is 9.78 Å². The first-order valence-electron chi connectivity index (χ1n) is 13.0. The summed E-state index contributed by atoms with van der Waals surface area (Å²) in [7, 11) is 0. The van der Waals surface area contributed by atoms with Gasteiger partial charge in [-0.2, -0.15) is 0 Å². The summed E-state index contributed by atoms with van der Waals surface area (Å²) in [5, 5.41) is 5.18. The van der Waals surface area contributed by atoms with Crippen LogP contribution in [-0.2, 0) is 17.6 Å². The second-order valence-electron chi connectivity index (χ2n) is 10.9. The average molecular weight is 582 g/mol. The number of amides is 1. The molecule has 1 unspecified atom stereocenters. The molecule has 5 rings (SSSR count). The first-order chi connectivity index (χ1) is 18.6. The molecule has 202 valence electrons. The van der Waals surface area contributed by atoms with E-state index in [1.807, 2.05) is 30.3 Å². The molecule has 0 saturated heterocycles. The molecule has 0 radical (unpaired) electrons. The monoisotopic (exact) mass is 580 g/mol. The maximum atomic E-state index is 13.9. The summed E-state index contributed by atoms with van der Waals surface area (Å²) < 4.78 is 5.43. The average Bonchev–Trinajstić information content (AvgIpc) is 3.26. The van der Waals surface area contributed by atoms with Gasteiger partial charge in [-0.05, 0) is 67.3 Å². The number of para-hydroxylation sites is 1. The van der Waals surface area contributed by atoms with Gasteiger partial charge in [0.2, 0.25) is 0 Å². The van der Waals surface area contributed by atoms with E-state index in [1.54, 1.807) is 25.1 Å². The zero-order valence-corrected chi connectivity index (χ0v) is 24.7. The zero-order chi connectivity index (χ0) is 27.9. The number of nitrogens with one attached hydrogen (secondary N) is 1. The van der Waals surface area contributed by atoms with Crippen molar-refractivity contribution in [1.82, 2.24) is 4.98 Å². The predicted molar refractivity (Wildman–Crippen MR) is 160 cm³/mol. The van der Waals surface area contributed by atoms with Crippen molar-refractivity contribution >= 4 is 62.3 Å². The highest BCUT2D eigenvalue weighted by molar-refractivity contribution is 7.17. The van der Waals surface area contributed by atoms with Crippen LogP contribution < -0.4 is 5.32 Å². The minimum Gasteiger partial charge on any atom is -0.462 e. The van der Waals surface area contributed by atoms with Crippen LogP contribution in [0.15, 0.2) is 48.5 Å². The largest absolute Gasteiger partial charge is 0.462 e. The molecule has 0 fully saturated rings. The van der Waals surface area contributed by atoms with Crippen molar-refractivity contribution in [3.05, 3.63) is 80.1 Å². The molecule has 2 aromatic heterocycles. The fourth-order valence-corrected chi connectivity index (χ4v) is 6.78. The molecule has 1 aliphatic carbocycles. The van der Waals surface area contributed by atoms with Crippen LogP contribution in [0.5, 0.6) is 0 Å². The third-order valence-electron chi connectivity index (χ3n) is 7.37. The molecule has 2 aromatic carbocycles. The van der Waals surface area contributed by atoms with Gasteiger partial charge < -0.3 is 10.1 Å². The zero-order valence-electron chi connectivity index (χ0n) is 22.4. The van der Waals surface area contributed by atoms with Crippen LogP contribution in [0.2, 0.25) is 10.0 Å². The number of hydrogen-bond donors (Lipinski definition) is 1. The molecule has 4 aromatic rings. The van der Waals surface area contributed by atoms with E-state index in [-0.39, 0.29) is 17.9 Å². The van der Waals surface area contributed by atoms with Crippen molar-refractivity contribution in [2.45, 2.75) is 47.0 Å². The van der Waals surface area contributed by atoms with Gasteiger partial charge in [0.15, 0.2) is 0 Å². The van der Waals surface area contributed by atoms with E-state index in [0.29, 0.717) is 48.7 Å². The predicted octanol–water partition coefficient (Wildman–Crippen LogP) is 8.85. The van der Waals surface area contributed by atoms with E-state index in [2.05, 4.69) is 26.1 Å². The summed E-state index contributed by atoms with van der Waals surface area (Å²) in [4.78, 5) is 32.9. The summed E-state index contributed by atoms with van der Waals surface area (Å²) in [6.45, 7) is 8.82. The second-order valence-corrected chi connectivity index (χ2v) is 12.8. The van der Waals surface area contributed by atoms with E-state index in [1.165, 1.54) is 11.3 Å². The number of carbonyl (C=O) groups excluding carboxylic acids is 2. The topological polar surface area (TPSA) is 68.3 Å². The number of fused-ring (bicyclic) bond motifs is 2. The number of esters is 1. The Hall–Kier alpha value is -2.93. The highest BCUT2D eigenvalue weighted by Gasteiger charge is 2.34. The number of carbonyl (C=O) groups is 2. The van der Waals surface area contributed by atoms with Gasteiger partial charge in [0.1, 0.15) is 5.00 Å². The first-order valence-corrected chi connectivity index (χ1v) is 14.6. The van der Waals surface area contributed by atoms with Crippen LogP contribution in [-0.4, -0.2) is 23.5 Å². The Morgan fingerprint density at radius 2 is 1.87 bits per heavy atom. The van der Waals surface area contributed by atoms with Gasteiger partial charge in [0, 0.05) is 15.8 Å². The van der Waals surface area contributed by atoms with E-state index in [0.717, 1.165) is 35.3 Å². The quantitative estimate of drug-likeness (QED) is 0.239. The molecule has 5 nitrogen and oxygen atoms in total. The van der Waals surface area contributed by atoms with E-state index < -0.39 is 5.97 Å². The lowest BCUT2D eigenvalue weighted by Crippen LogP contribution is -2.26. The van der Waals surface area contributed by atoms with Crippen LogP contribution in [0, 0.1) is 11.3 Å². The Morgan fingerprint density at radius 3 is 2.59 bits per heavy atom. The minimum absolute atomic E-state index is 0.159. The number of aromatic nitrogens is 1. The number of thiophene rings is 1. The number of hydrogen-bond acceptors (Lipinski definition) is 5. The SMILES string of the molecule is CCOC(=O)c1c(NC(=O)c2cc(-c3ccc(Cl)c(Cl)c3)nc3ccccc23)sc2c1CCC(C(C)(C)C)C2. The Morgan fingerprint density at radius 1 is 1.10 bits per heavy atom. The molecule has 0 bridgehead atoms. The molecule has 1 amide bonds. The van der Waals surface area contributed by atoms with Gasteiger partial charge in [0.25, 0.3) is 5.91 Å². The maximum Gasteiger partial charge on any atom is 0.341 e. The number of ether oxygens (including phenoxy) is 1. The third-order valence-corrected chi connectivity index (χ3v) is 9.28. The highest BCUT2D eigenvalue weighted by atomic mass is 35.5. The van der Waals surface area contributed by atoms with Gasteiger partial charge in [-0.15, -0.1) is 11.3 Å². The van der Waals surface area contributed by atoms with Crippen LogP contribution in [0.25, 0.3) is 22.2 Å². The minimum atomic E-state index is -0.393. The fraction of sp³-hybridized carbons (Fsp3) is 0.323. The Balaban J connectivity index is 1.57. The number of benzene rings is 2. The van der Waals surface area contributed by atoms with Crippen LogP contribution in [0.3, 0.4) is 0 Å². The summed E-state index contributed by atoms with van der Waals surface area (Å²) in [6.07, 6.45) is 2.66. The van der Waals surface area contributed by atoms with Crippen molar-refractivity contribution in [3.63, 3.8) is 0 Å². The molecular weight excluding hydrogens is 551 g/mol. The number of pyridine rings is 1. The van der Waals surface area contributed by atoms with Crippen LogP contribution in [0.1, 0.15) is 65.3 Å². The van der Waals surface area contributed by atoms with Crippen LogP contribution >= 0.6 is 34.5 Å². The van der Waals surface area contributed by atoms with E-state index in [4.69, 9.17) is 32.9 Å². The lowest BCUT2D eigenvalue weighted by Gasteiger charge is -2.33. The molecule has 8 heteroatoms. The molecule has 0 saturated carbocycles. The van der Waals surface area contributed by atoms with Gasteiger partial charge in [0.05, 0.1) is 39.0 Å². The van der Waals surface area contributed by atoms with Crippen LogP contribution in [0.4, 0.5) is 5.00 Å². The molecule has 1 atom stereocenters. The van der Waals surface area contributed by atoms with Gasteiger partial charge >= 0.3 is 5.97 Å². The number of rotatable bonds is 5. The van der Waals surface area contributed by atoms with E-state index >= 15 is 0 Å². The normalized spacial score (nSPS) is 15.2. The van der Waals surface area contributed by atoms with Crippen molar-refractivity contribution < 1.29 is 14.3 Å². The Labute approximate surface area is 242 Å². The Bertz CT molecular complexity index is 1590. The summed E-state index contributed by atoms with van der Waals surface area (Å²) in [6, 6.07) is 14.5. The van der Waals surface area contributed by atoms with E-state index in [9.17, 15) is 9.59 Å². The number of anilines is 1. The molecule has 0 aliphatic heterocycles. The van der Waals surface area contributed by atoms with Crippen molar-refractivity contribution in [1.29, 1.82) is 0 Å². The van der Waals surface area contributed by atoms with Crippen molar-refractivity contribution in [3.8, 4) is 11.3 Å². The summed E-state index contributed by atoms with van der Waals surface area (Å²) in [5.41, 5.74) is 4.13. The highest BCUT2D eigenvalue weighted by Crippen LogP contribution is 2.45. The fourth-order valence-electron chi connectivity index (χ4n) is 5.17. The molecule has 39 heavy (non-hydrogen) atoms. The molecule has 2 heterocycles. The number of nitrogens with zero attached hydrogens (tertiary/aromatic N) is 1. The lowest BCUT2D eigenvalue weighted by atomic mass is 9.72. The summed E-state index contributed by atoms with van der Waals surface area (Å²) >= 11 is 13.9. The first kappa shape index (κ1) is 27.6. The molecular formula is C31H30Cl2N2O3S. The van der Waals surface area contributed by atoms with Gasteiger partial charge in [-0.1, -0.05) is 68.2 Å². The van der Waals surface area contributed by atoms with Crippen molar-refractivity contribution in [2.75, 3.05) is 11.9 Å². The summed E-state index contributed by atoms with van der Waals surface area (Å²) in [5.74, 6) is -0.206. The standard InChI is InChI=1S/C31H30Cl2N2O3S/c1-5-38-30(37)27-20-12-11-18(31(2,3)4)15-26(20)39-29(27)35-28(36)21-16-25(17-10-13-22(32)23(33)14-17)34-24-9-7-6-8-19(21)24/h6-10,13-14,16,18H,5,11-12,15H2,1-4H3,(H,35,36). The Kier molecular flexibility index (Phi) is 7.73. The molecule has 0 spiro atoms.